The Labute approximate surface area is 122 Å². The van der Waals surface area contributed by atoms with Crippen LogP contribution in [-0.2, 0) is 11.3 Å². The molecule has 1 saturated heterocycles. The zero-order valence-corrected chi connectivity index (χ0v) is 12.8. The molecule has 0 saturated carbocycles. The van der Waals surface area contributed by atoms with Crippen molar-refractivity contribution in [2.75, 3.05) is 41.0 Å². The van der Waals surface area contributed by atoms with Gasteiger partial charge in [0.05, 0.1) is 13.7 Å². The molecule has 1 aromatic rings. The largest absolute Gasteiger partial charge is 0.496 e. The van der Waals surface area contributed by atoms with Crippen LogP contribution in [0.2, 0.25) is 0 Å². The molecule has 1 N–H and O–H groups in total. The number of hydrogen-bond donors (Lipinski definition) is 1. The van der Waals surface area contributed by atoms with Crippen molar-refractivity contribution in [2.24, 2.45) is 5.92 Å². The van der Waals surface area contributed by atoms with Crippen molar-refractivity contribution in [3.05, 3.63) is 29.8 Å². The highest BCUT2D eigenvalue weighted by molar-refractivity contribution is 5.33. The predicted octanol–water partition coefficient (Wildman–Crippen LogP) is 1.75. The minimum atomic E-state index is 0.484. The molecule has 0 bridgehead atoms. The number of rotatable bonds is 7. The molecular formula is C16H26N2O2. The zero-order valence-electron chi connectivity index (χ0n) is 12.8. The number of ether oxygens (including phenoxy) is 2. The summed E-state index contributed by atoms with van der Waals surface area (Å²) in [5.41, 5.74) is 1.23. The van der Waals surface area contributed by atoms with Gasteiger partial charge in [-0.2, -0.15) is 0 Å². The SMILES string of the molecule is CNC(CN(C)Cc1ccccc1OC)C1CCOC1. The third kappa shape index (κ3) is 3.95. The van der Waals surface area contributed by atoms with E-state index in [2.05, 4.69) is 29.4 Å². The third-order valence-electron chi connectivity index (χ3n) is 4.05. The van der Waals surface area contributed by atoms with E-state index in [9.17, 15) is 0 Å². The van der Waals surface area contributed by atoms with E-state index >= 15 is 0 Å². The van der Waals surface area contributed by atoms with Crippen LogP contribution < -0.4 is 10.1 Å². The summed E-state index contributed by atoms with van der Waals surface area (Å²) in [6.45, 7) is 3.70. The molecule has 2 atom stereocenters. The summed E-state index contributed by atoms with van der Waals surface area (Å²) in [5, 5.41) is 3.44. The molecule has 0 amide bonds. The highest BCUT2D eigenvalue weighted by atomic mass is 16.5. The van der Waals surface area contributed by atoms with Crippen molar-refractivity contribution in [3.63, 3.8) is 0 Å². The van der Waals surface area contributed by atoms with Crippen LogP contribution in [0.25, 0.3) is 0 Å². The fourth-order valence-electron chi connectivity index (χ4n) is 2.87. The lowest BCUT2D eigenvalue weighted by Gasteiger charge is -2.27. The highest BCUT2D eigenvalue weighted by Crippen LogP contribution is 2.21. The van der Waals surface area contributed by atoms with E-state index in [0.717, 1.165) is 38.5 Å². The Morgan fingerprint density at radius 3 is 2.90 bits per heavy atom. The van der Waals surface area contributed by atoms with Crippen molar-refractivity contribution in [3.8, 4) is 5.75 Å². The van der Waals surface area contributed by atoms with Gasteiger partial charge in [0, 0.05) is 37.2 Å². The van der Waals surface area contributed by atoms with E-state index < -0.39 is 0 Å². The molecule has 0 spiro atoms. The molecule has 1 aliphatic heterocycles. The van der Waals surface area contributed by atoms with Crippen LogP contribution in [0.4, 0.5) is 0 Å². The number of nitrogens with zero attached hydrogens (tertiary/aromatic N) is 1. The number of nitrogens with one attached hydrogen (secondary N) is 1. The van der Waals surface area contributed by atoms with E-state index in [0.29, 0.717) is 12.0 Å². The second kappa shape index (κ2) is 7.62. The number of para-hydroxylation sites is 1. The van der Waals surface area contributed by atoms with Crippen LogP contribution in [0.15, 0.2) is 24.3 Å². The van der Waals surface area contributed by atoms with Crippen LogP contribution in [0.1, 0.15) is 12.0 Å². The maximum absolute atomic E-state index is 5.50. The van der Waals surface area contributed by atoms with E-state index in [-0.39, 0.29) is 0 Å². The fraction of sp³-hybridized carbons (Fsp3) is 0.625. The van der Waals surface area contributed by atoms with Crippen LogP contribution >= 0.6 is 0 Å². The molecule has 20 heavy (non-hydrogen) atoms. The molecule has 112 valence electrons. The summed E-state index contributed by atoms with van der Waals surface area (Å²) < 4.78 is 10.9. The average molecular weight is 278 g/mol. The second-order valence-electron chi connectivity index (χ2n) is 5.53. The first-order valence-corrected chi connectivity index (χ1v) is 7.30. The molecule has 1 fully saturated rings. The molecule has 4 heteroatoms. The smallest absolute Gasteiger partial charge is 0.123 e. The first-order chi connectivity index (χ1) is 9.74. The first-order valence-electron chi connectivity index (χ1n) is 7.30. The fourth-order valence-corrected chi connectivity index (χ4v) is 2.87. The van der Waals surface area contributed by atoms with Gasteiger partial charge in [-0.1, -0.05) is 18.2 Å². The normalized spacial score (nSPS) is 20.3. The maximum Gasteiger partial charge on any atom is 0.123 e. The van der Waals surface area contributed by atoms with Gasteiger partial charge < -0.3 is 19.7 Å². The predicted molar refractivity (Wildman–Crippen MR) is 81.1 cm³/mol. The molecule has 4 nitrogen and oxygen atoms in total. The number of benzene rings is 1. The molecular weight excluding hydrogens is 252 g/mol. The summed E-state index contributed by atoms with van der Waals surface area (Å²) >= 11 is 0. The quantitative estimate of drug-likeness (QED) is 0.824. The molecule has 1 aliphatic rings. The lowest BCUT2D eigenvalue weighted by molar-refractivity contribution is 0.167. The van der Waals surface area contributed by atoms with Crippen LogP contribution in [-0.4, -0.2) is 51.9 Å². The topological polar surface area (TPSA) is 33.7 Å². The van der Waals surface area contributed by atoms with Gasteiger partial charge >= 0.3 is 0 Å². The van der Waals surface area contributed by atoms with Gasteiger partial charge in [-0.05, 0) is 26.6 Å². The molecule has 0 radical (unpaired) electrons. The minimum Gasteiger partial charge on any atom is -0.496 e. The number of methoxy groups -OCH3 is 1. The Morgan fingerprint density at radius 2 is 2.25 bits per heavy atom. The zero-order chi connectivity index (χ0) is 14.4. The van der Waals surface area contributed by atoms with E-state index in [1.165, 1.54) is 5.56 Å². The molecule has 1 aromatic carbocycles. The van der Waals surface area contributed by atoms with Gasteiger partial charge in [0.1, 0.15) is 5.75 Å². The highest BCUT2D eigenvalue weighted by Gasteiger charge is 2.25. The summed E-state index contributed by atoms with van der Waals surface area (Å²) in [6, 6.07) is 8.70. The van der Waals surface area contributed by atoms with Crippen molar-refractivity contribution in [1.82, 2.24) is 10.2 Å². The lowest BCUT2D eigenvalue weighted by atomic mass is 9.98. The van der Waals surface area contributed by atoms with Gasteiger partial charge in [-0.15, -0.1) is 0 Å². The first kappa shape index (κ1) is 15.3. The molecule has 2 rings (SSSR count). The Hall–Kier alpha value is -1.10. The van der Waals surface area contributed by atoms with Crippen LogP contribution in [0.3, 0.4) is 0 Å². The second-order valence-corrected chi connectivity index (χ2v) is 5.53. The average Bonchev–Trinajstić information content (AvgIpc) is 2.99. The van der Waals surface area contributed by atoms with Crippen molar-refractivity contribution < 1.29 is 9.47 Å². The number of likely N-dealkylation sites (N-methyl/N-ethyl adjacent to an activating group) is 2. The Bertz CT molecular complexity index is 405. The van der Waals surface area contributed by atoms with Gasteiger partial charge in [-0.3, -0.25) is 0 Å². The maximum atomic E-state index is 5.50. The van der Waals surface area contributed by atoms with Gasteiger partial charge in [-0.25, -0.2) is 0 Å². The standard InChI is InChI=1S/C16H26N2O2/c1-17-15(14-8-9-20-12-14)11-18(2)10-13-6-4-5-7-16(13)19-3/h4-7,14-15,17H,8-12H2,1-3H3. The van der Waals surface area contributed by atoms with Crippen molar-refractivity contribution in [1.29, 1.82) is 0 Å². The van der Waals surface area contributed by atoms with Gasteiger partial charge in [0.15, 0.2) is 0 Å². The number of hydrogen-bond acceptors (Lipinski definition) is 4. The van der Waals surface area contributed by atoms with E-state index in [4.69, 9.17) is 9.47 Å². The van der Waals surface area contributed by atoms with Crippen LogP contribution in [0.5, 0.6) is 5.75 Å². The third-order valence-corrected chi connectivity index (χ3v) is 4.05. The van der Waals surface area contributed by atoms with Crippen molar-refractivity contribution >= 4 is 0 Å². The van der Waals surface area contributed by atoms with Crippen LogP contribution in [0, 0.1) is 5.92 Å². The minimum absolute atomic E-state index is 0.484. The molecule has 0 aliphatic carbocycles. The lowest BCUT2D eigenvalue weighted by Crippen LogP contribution is -2.43. The Kier molecular flexibility index (Phi) is 5.83. The molecule has 2 unspecified atom stereocenters. The van der Waals surface area contributed by atoms with Gasteiger partial charge in [0.2, 0.25) is 0 Å². The van der Waals surface area contributed by atoms with E-state index in [1.807, 2.05) is 19.2 Å². The summed E-state index contributed by atoms with van der Waals surface area (Å²) in [7, 11) is 5.93. The Balaban J connectivity index is 1.91. The van der Waals surface area contributed by atoms with Crippen molar-refractivity contribution in [2.45, 2.75) is 19.0 Å². The molecule has 1 heterocycles. The van der Waals surface area contributed by atoms with E-state index in [1.54, 1.807) is 7.11 Å². The Morgan fingerprint density at radius 1 is 1.45 bits per heavy atom. The van der Waals surface area contributed by atoms with Gasteiger partial charge in [0.25, 0.3) is 0 Å². The summed E-state index contributed by atoms with van der Waals surface area (Å²) in [6.07, 6.45) is 1.16. The summed E-state index contributed by atoms with van der Waals surface area (Å²) in [4.78, 5) is 2.34. The summed E-state index contributed by atoms with van der Waals surface area (Å²) in [5.74, 6) is 1.59. The monoisotopic (exact) mass is 278 g/mol. The molecule has 0 aromatic heterocycles.